The molecule has 0 bridgehead atoms. The number of benzene rings is 2. The summed E-state index contributed by atoms with van der Waals surface area (Å²) in [6.07, 6.45) is 4.88. The number of Topliss-reactive ketones (excluding diaryl/α,β-unsaturated/α-hetero) is 1. The molecule has 0 saturated heterocycles. The van der Waals surface area contributed by atoms with Crippen LogP contribution in [0, 0.1) is 35.9 Å². The number of nitrogens with zero attached hydrogens (tertiary/aromatic N) is 4. The number of allylic oxidation sites excluding steroid dienone is 2. The van der Waals surface area contributed by atoms with E-state index in [-0.39, 0.29) is 29.0 Å². The number of fused-ring (bicyclic) bond motifs is 4. The minimum Gasteiger partial charge on any atom is -0.293 e. The first kappa shape index (κ1) is 23.2. The summed E-state index contributed by atoms with van der Waals surface area (Å²) >= 11 is 0. The average Bonchev–Trinajstić information content (AvgIpc) is 2.90. The molecule has 2 aliphatic rings. The number of hydrogen-bond donors (Lipinski definition) is 0. The van der Waals surface area contributed by atoms with Crippen LogP contribution in [0.1, 0.15) is 37.1 Å². The summed E-state index contributed by atoms with van der Waals surface area (Å²) in [4.78, 5) is 27.5. The Morgan fingerprint density at radius 2 is 1.92 bits per heavy atom. The number of pyridine rings is 1. The van der Waals surface area contributed by atoms with Gasteiger partial charge in [-0.3, -0.25) is 9.78 Å². The number of hydrogen-bond acceptors (Lipinski definition) is 5. The van der Waals surface area contributed by atoms with Crippen LogP contribution in [0.3, 0.4) is 0 Å². The van der Waals surface area contributed by atoms with E-state index in [0.717, 1.165) is 39.7 Å². The molecule has 0 saturated carbocycles. The van der Waals surface area contributed by atoms with Gasteiger partial charge in [-0.15, -0.1) is 0 Å². The van der Waals surface area contributed by atoms with Gasteiger partial charge in [-0.25, -0.2) is 14.4 Å². The van der Waals surface area contributed by atoms with Gasteiger partial charge in [0.2, 0.25) is 0 Å². The van der Waals surface area contributed by atoms with Gasteiger partial charge >= 0.3 is 0 Å². The molecule has 182 valence electrons. The van der Waals surface area contributed by atoms with Gasteiger partial charge in [-0.1, -0.05) is 43.7 Å². The van der Waals surface area contributed by atoms with Crippen LogP contribution < -0.4 is 0 Å². The molecule has 5 nitrogen and oxygen atoms in total. The number of aromatic nitrogens is 3. The Morgan fingerprint density at radius 1 is 1.11 bits per heavy atom. The molecule has 0 N–H and O–H groups in total. The minimum absolute atomic E-state index is 0.0164. The molecular formula is C31H25FN4O. The highest BCUT2D eigenvalue weighted by Crippen LogP contribution is 2.51. The van der Waals surface area contributed by atoms with Gasteiger partial charge in [-0.05, 0) is 56.0 Å². The van der Waals surface area contributed by atoms with E-state index < -0.39 is 5.41 Å². The van der Waals surface area contributed by atoms with Crippen LogP contribution in [0.5, 0.6) is 0 Å². The Kier molecular flexibility index (Phi) is 5.27. The van der Waals surface area contributed by atoms with Gasteiger partial charge in [0.1, 0.15) is 11.9 Å². The van der Waals surface area contributed by atoms with Gasteiger partial charge in [0.15, 0.2) is 11.6 Å². The molecule has 2 aliphatic carbocycles. The van der Waals surface area contributed by atoms with Gasteiger partial charge in [0, 0.05) is 39.6 Å². The van der Waals surface area contributed by atoms with Crippen molar-refractivity contribution in [2.75, 3.05) is 0 Å². The second-order valence-electron chi connectivity index (χ2n) is 10.3. The lowest BCUT2D eigenvalue weighted by atomic mass is 9.57. The molecule has 37 heavy (non-hydrogen) atoms. The highest BCUT2D eigenvalue weighted by molar-refractivity contribution is 6.02. The van der Waals surface area contributed by atoms with Gasteiger partial charge < -0.3 is 0 Å². The zero-order chi connectivity index (χ0) is 25.9. The highest BCUT2D eigenvalue weighted by atomic mass is 19.1. The largest absolute Gasteiger partial charge is 0.293 e. The average molecular weight is 489 g/mol. The first-order chi connectivity index (χ1) is 17.8. The SMILES string of the molecule is Cc1ccc2nccc(-c3nc(-c4ccccc4F)c4c(n3)[C@]3(C)C=C(C#N)C(=O)C(C)C3CC4)c2c1. The molecule has 2 aromatic carbocycles. The van der Waals surface area contributed by atoms with Crippen molar-refractivity contribution in [3.05, 3.63) is 89.0 Å². The zero-order valence-corrected chi connectivity index (χ0v) is 20.9. The van der Waals surface area contributed by atoms with Crippen LogP contribution in [-0.4, -0.2) is 20.7 Å². The van der Waals surface area contributed by atoms with E-state index in [1.54, 1.807) is 30.5 Å². The lowest BCUT2D eigenvalue weighted by Crippen LogP contribution is -2.46. The number of rotatable bonds is 2. The summed E-state index contributed by atoms with van der Waals surface area (Å²) in [6, 6.07) is 16.7. The van der Waals surface area contributed by atoms with Crippen LogP contribution in [0.15, 0.2) is 66.4 Å². The Bertz CT molecular complexity index is 1680. The quantitative estimate of drug-likeness (QED) is 0.331. The van der Waals surface area contributed by atoms with E-state index in [9.17, 15) is 10.1 Å². The van der Waals surface area contributed by atoms with Crippen molar-refractivity contribution in [3.8, 4) is 28.7 Å². The maximum Gasteiger partial charge on any atom is 0.176 e. The molecule has 2 aromatic heterocycles. The van der Waals surface area contributed by atoms with Crippen molar-refractivity contribution in [1.29, 1.82) is 5.26 Å². The van der Waals surface area contributed by atoms with Crippen molar-refractivity contribution in [1.82, 2.24) is 15.0 Å². The van der Waals surface area contributed by atoms with Gasteiger partial charge in [0.05, 0.1) is 22.5 Å². The lowest BCUT2D eigenvalue weighted by molar-refractivity contribution is -0.121. The van der Waals surface area contributed by atoms with Crippen molar-refractivity contribution < 1.29 is 9.18 Å². The van der Waals surface area contributed by atoms with Crippen LogP contribution >= 0.6 is 0 Å². The summed E-state index contributed by atoms with van der Waals surface area (Å²) in [6.45, 7) is 5.97. The number of ketones is 1. The Hall–Kier alpha value is -4.24. The van der Waals surface area contributed by atoms with E-state index in [2.05, 4.69) is 17.1 Å². The highest BCUT2D eigenvalue weighted by Gasteiger charge is 2.49. The first-order valence-corrected chi connectivity index (χ1v) is 12.5. The molecule has 2 heterocycles. The van der Waals surface area contributed by atoms with E-state index in [0.29, 0.717) is 23.5 Å². The number of halogens is 1. The summed E-state index contributed by atoms with van der Waals surface area (Å²) in [5, 5.41) is 10.7. The fourth-order valence-electron chi connectivity index (χ4n) is 6.22. The molecular weight excluding hydrogens is 463 g/mol. The Labute approximate surface area is 214 Å². The summed E-state index contributed by atoms with van der Waals surface area (Å²) in [7, 11) is 0. The zero-order valence-electron chi connectivity index (χ0n) is 20.9. The minimum atomic E-state index is -0.664. The van der Waals surface area contributed by atoms with E-state index in [1.807, 2.05) is 39.0 Å². The number of aryl methyl sites for hydroxylation is 1. The summed E-state index contributed by atoms with van der Waals surface area (Å²) in [5.41, 5.74) is 4.83. The molecule has 0 amide bonds. The summed E-state index contributed by atoms with van der Waals surface area (Å²) in [5.74, 6) is -0.312. The normalized spacial score (nSPS) is 22.7. The lowest BCUT2D eigenvalue weighted by Gasteiger charge is -2.45. The first-order valence-electron chi connectivity index (χ1n) is 12.5. The maximum absolute atomic E-state index is 15.2. The Balaban J connectivity index is 1.70. The van der Waals surface area contributed by atoms with Crippen molar-refractivity contribution in [2.45, 2.75) is 39.0 Å². The monoisotopic (exact) mass is 488 g/mol. The van der Waals surface area contributed by atoms with E-state index >= 15 is 4.39 Å². The smallest absolute Gasteiger partial charge is 0.176 e. The molecule has 0 radical (unpaired) electrons. The third-order valence-electron chi connectivity index (χ3n) is 8.11. The third-order valence-corrected chi connectivity index (χ3v) is 8.11. The molecule has 2 unspecified atom stereocenters. The molecule has 6 rings (SSSR count). The van der Waals surface area contributed by atoms with Crippen LogP contribution in [0.25, 0.3) is 33.5 Å². The second kappa shape index (κ2) is 8.41. The van der Waals surface area contributed by atoms with Gasteiger partial charge in [-0.2, -0.15) is 5.26 Å². The second-order valence-corrected chi connectivity index (χ2v) is 10.3. The maximum atomic E-state index is 15.2. The third kappa shape index (κ3) is 3.49. The van der Waals surface area contributed by atoms with E-state index in [1.165, 1.54) is 6.07 Å². The molecule has 0 aliphatic heterocycles. The molecule has 6 heteroatoms. The molecule has 0 spiro atoms. The van der Waals surface area contributed by atoms with Crippen molar-refractivity contribution >= 4 is 16.7 Å². The number of nitriles is 1. The Morgan fingerprint density at radius 3 is 2.70 bits per heavy atom. The fourth-order valence-corrected chi connectivity index (χ4v) is 6.22. The molecule has 0 fully saturated rings. The number of carbonyl (C=O) groups excluding carboxylic acids is 1. The topological polar surface area (TPSA) is 79.5 Å². The van der Waals surface area contributed by atoms with Crippen molar-refractivity contribution in [2.24, 2.45) is 11.8 Å². The van der Waals surface area contributed by atoms with Crippen LogP contribution in [0.4, 0.5) is 4.39 Å². The van der Waals surface area contributed by atoms with Crippen molar-refractivity contribution in [3.63, 3.8) is 0 Å². The standard InChI is InChI=1S/C31H25FN4O/c1-17-8-11-26-23(14-17)20(12-13-34-26)30-35-27(21-6-4-5-7-25(21)32)22-9-10-24-18(2)28(37)19(16-33)15-31(24,3)29(22)36-30/h4-8,11-15,18,24H,9-10H2,1-3H3/t18?,24?,31-/m1/s1. The molecule has 3 atom stereocenters. The van der Waals surface area contributed by atoms with Crippen LogP contribution in [-0.2, 0) is 16.6 Å². The van der Waals surface area contributed by atoms with Gasteiger partial charge in [0.25, 0.3) is 0 Å². The summed E-state index contributed by atoms with van der Waals surface area (Å²) < 4.78 is 15.2. The molecule has 4 aromatic rings. The fraction of sp³-hybridized carbons (Fsp3) is 0.258. The predicted molar refractivity (Wildman–Crippen MR) is 140 cm³/mol. The predicted octanol–water partition coefficient (Wildman–Crippen LogP) is 6.30. The van der Waals surface area contributed by atoms with Crippen LogP contribution in [0.2, 0.25) is 0 Å². The van der Waals surface area contributed by atoms with E-state index in [4.69, 9.17) is 9.97 Å². The number of carbonyl (C=O) groups is 1.